The van der Waals surface area contributed by atoms with Gasteiger partial charge in [0.15, 0.2) is 0 Å². The number of ether oxygens (including phenoxy) is 1. The zero-order valence-electron chi connectivity index (χ0n) is 15.3. The largest absolute Gasteiger partial charge is 0.494 e. The SMILES string of the molecule is CC1(C)C=CCN(c2ccc(OCCCN3CCCCC3)cc2)C1. The molecule has 3 heteroatoms. The number of piperidine rings is 1. The lowest BCUT2D eigenvalue weighted by Gasteiger charge is -2.35. The predicted octanol–water partition coefficient (Wildman–Crippen LogP) is 4.34. The van der Waals surface area contributed by atoms with Gasteiger partial charge in [-0.05, 0) is 56.6 Å². The molecule has 0 bridgehead atoms. The Labute approximate surface area is 147 Å². The molecule has 2 heterocycles. The van der Waals surface area contributed by atoms with E-state index in [2.05, 4.69) is 60.1 Å². The highest BCUT2D eigenvalue weighted by molar-refractivity contribution is 5.50. The van der Waals surface area contributed by atoms with Crippen LogP contribution in [0, 0.1) is 5.41 Å². The molecule has 0 saturated carbocycles. The molecule has 24 heavy (non-hydrogen) atoms. The topological polar surface area (TPSA) is 15.7 Å². The lowest BCUT2D eigenvalue weighted by Crippen LogP contribution is -2.36. The van der Waals surface area contributed by atoms with Crippen LogP contribution in [0.25, 0.3) is 0 Å². The molecule has 3 nitrogen and oxygen atoms in total. The number of benzene rings is 1. The number of anilines is 1. The summed E-state index contributed by atoms with van der Waals surface area (Å²) in [6.07, 6.45) is 9.85. The minimum Gasteiger partial charge on any atom is -0.494 e. The molecule has 2 aliphatic rings. The molecule has 1 aromatic rings. The van der Waals surface area contributed by atoms with Crippen LogP contribution in [-0.4, -0.2) is 44.2 Å². The minimum absolute atomic E-state index is 0.252. The Morgan fingerprint density at radius 2 is 1.79 bits per heavy atom. The fraction of sp³-hybridized carbons (Fsp3) is 0.619. The number of likely N-dealkylation sites (tertiary alicyclic amines) is 1. The second-order valence-corrected chi connectivity index (χ2v) is 7.87. The van der Waals surface area contributed by atoms with Gasteiger partial charge in [0, 0.05) is 30.7 Å². The van der Waals surface area contributed by atoms with Crippen molar-refractivity contribution in [2.24, 2.45) is 5.41 Å². The Morgan fingerprint density at radius 3 is 2.50 bits per heavy atom. The summed E-state index contributed by atoms with van der Waals surface area (Å²) in [5.41, 5.74) is 1.54. The first-order valence-electron chi connectivity index (χ1n) is 9.50. The third kappa shape index (κ3) is 5.01. The molecule has 3 rings (SSSR count). The summed E-state index contributed by atoms with van der Waals surface area (Å²) in [5, 5.41) is 0. The quantitative estimate of drug-likeness (QED) is 0.570. The average molecular weight is 329 g/mol. The first-order chi connectivity index (χ1) is 11.6. The van der Waals surface area contributed by atoms with E-state index in [1.165, 1.54) is 44.6 Å². The molecule has 0 aliphatic carbocycles. The standard InChI is InChI=1S/C21H32N2O/c1-21(2)12-6-16-23(18-21)19-8-10-20(11-9-19)24-17-7-15-22-13-4-3-5-14-22/h6,8-12H,3-5,7,13-18H2,1-2H3. The molecular formula is C21H32N2O. The highest BCUT2D eigenvalue weighted by Crippen LogP contribution is 2.28. The summed E-state index contributed by atoms with van der Waals surface area (Å²) in [5.74, 6) is 0.990. The van der Waals surface area contributed by atoms with E-state index < -0.39 is 0 Å². The Bertz CT molecular complexity index is 529. The predicted molar refractivity (Wildman–Crippen MR) is 102 cm³/mol. The Hall–Kier alpha value is -1.48. The average Bonchev–Trinajstić information content (AvgIpc) is 2.59. The number of rotatable bonds is 6. The van der Waals surface area contributed by atoms with Crippen LogP contribution in [-0.2, 0) is 0 Å². The molecule has 1 saturated heterocycles. The van der Waals surface area contributed by atoms with E-state index in [0.717, 1.165) is 31.9 Å². The third-order valence-electron chi connectivity index (χ3n) is 5.03. The number of hydrogen-bond acceptors (Lipinski definition) is 3. The van der Waals surface area contributed by atoms with Crippen molar-refractivity contribution in [3.8, 4) is 5.75 Å². The summed E-state index contributed by atoms with van der Waals surface area (Å²) >= 11 is 0. The molecule has 0 N–H and O–H groups in total. The van der Waals surface area contributed by atoms with Crippen LogP contribution < -0.4 is 9.64 Å². The van der Waals surface area contributed by atoms with Gasteiger partial charge in [0.25, 0.3) is 0 Å². The van der Waals surface area contributed by atoms with Gasteiger partial charge in [-0.1, -0.05) is 32.4 Å². The van der Waals surface area contributed by atoms with Crippen LogP contribution in [0.5, 0.6) is 5.75 Å². The van der Waals surface area contributed by atoms with Gasteiger partial charge in [-0.2, -0.15) is 0 Å². The van der Waals surface area contributed by atoms with Gasteiger partial charge in [-0.3, -0.25) is 0 Å². The molecule has 0 atom stereocenters. The van der Waals surface area contributed by atoms with E-state index in [1.54, 1.807) is 0 Å². The monoisotopic (exact) mass is 328 g/mol. The second-order valence-electron chi connectivity index (χ2n) is 7.87. The van der Waals surface area contributed by atoms with E-state index in [1.807, 2.05) is 0 Å². The van der Waals surface area contributed by atoms with E-state index >= 15 is 0 Å². The maximum absolute atomic E-state index is 5.92. The molecule has 0 unspecified atom stereocenters. The van der Waals surface area contributed by atoms with Crippen LogP contribution in [0.3, 0.4) is 0 Å². The summed E-state index contributed by atoms with van der Waals surface area (Å²) in [6.45, 7) is 11.2. The molecule has 0 amide bonds. The zero-order valence-corrected chi connectivity index (χ0v) is 15.3. The summed E-state index contributed by atoms with van der Waals surface area (Å²) < 4.78 is 5.92. The van der Waals surface area contributed by atoms with Crippen LogP contribution in [0.15, 0.2) is 36.4 Å². The second kappa shape index (κ2) is 8.06. The molecule has 1 fully saturated rings. The Kier molecular flexibility index (Phi) is 5.83. The van der Waals surface area contributed by atoms with Crippen LogP contribution in [0.2, 0.25) is 0 Å². The fourth-order valence-electron chi connectivity index (χ4n) is 3.72. The lowest BCUT2D eigenvalue weighted by atomic mass is 9.89. The van der Waals surface area contributed by atoms with Gasteiger partial charge in [0.1, 0.15) is 5.75 Å². The minimum atomic E-state index is 0.252. The number of nitrogens with zero attached hydrogens (tertiary/aromatic N) is 2. The molecule has 0 aromatic heterocycles. The Balaban J connectivity index is 1.42. The van der Waals surface area contributed by atoms with Crippen LogP contribution in [0.1, 0.15) is 39.5 Å². The molecular weight excluding hydrogens is 296 g/mol. The van der Waals surface area contributed by atoms with Crippen molar-refractivity contribution in [2.45, 2.75) is 39.5 Å². The highest BCUT2D eigenvalue weighted by atomic mass is 16.5. The van der Waals surface area contributed by atoms with Crippen LogP contribution >= 0.6 is 0 Å². The van der Waals surface area contributed by atoms with Gasteiger partial charge < -0.3 is 14.5 Å². The first kappa shape index (κ1) is 17.3. The van der Waals surface area contributed by atoms with E-state index in [0.29, 0.717) is 0 Å². The van der Waals surface area contributed by atoms with E-state index in [9.17, 15) is 0 Å². The van der Waals surface area contributed by atoms with E-state index in [4.69, 9.17) is 4.74 Å². The van der Waals surface area contributed by atoms with Gasteiger partial charge in [0.05, 0.1) is 6.61 Å². The highest BCUT2D eigenvalue weighted by Gasteiger charge is 2.22. The Morgan fingerprint density at radius 1 is 1.04 bits per heavy atom. The third-order valence-corrected chi connectivity index (χ3v) is 5.03. The lowest BCUT2D eigenvalue weighted by molar-refractivity contribution is 0.205. The molecule has 2 aliphatic heterocycles. The maximum atomic E-state index is 5.92. The first-order valence-corrected chi connectivity index (χ1v) is 9.50. The summed E-state index contributed by atoms with van der Waals surface area (Å²) in [6, 6.07) is 8.60. The van der Waals surface area contributed by atoms with Crippen molar-refractivity contribution >= 4 is 5.69 Å². The molecule has 1 aromatic carbocycles. The van der Waals surface area contributed by atoms with Gasteiger partial charge >= 0.3 is 0 Å². The summed E-state index contributed by atoms with van der Waals surface area (Å²) in [4.78, 5) is 5.00. The van der Waals surface area contributed by atoms with E-state index in [-0.39, 0.29) is 5.41 Å². The smallest absolute Gasteiger partial charge is 0.119 e. The number of hydrogen-bond donors (Lipinski definition) is 0. The van der Waals surface area contributed by atoms with Crippen LogP contribution in [0.4, 0.5) is 5.69 Å². The maximum Gasteiger partial charge on any atom is 0.119 e. The molecule has 0 radical (unpaired) electrons. The fourth-order valence-corrected chi connectivity index (χ4v) is 3.72. The zero-order chi connectivity index (χ0) is 16.8. The van der Waals surface area contributed by atoms with Crippen molar-refractivity contribution in [3.63, 3.8) is 0 Å². The van der Waals surface area contributed by atoms with Gasteiger partial charge in [-0.25, -0.2) is 0 Å². The normalized spacial score (nSPS) is 21.0. The van der Waals surface area contributed by atoms with Crippen molar-refractivity contribution in [3.05, 3.63) is 36.4 Å². The van der Waals surface area contributed by atoms with Gasteiger partial charge in [-0.15, -0.1) is 0 Å². The van der Waals surface area contributed by atoms with Crippen molar-refractivity contribution < 1.29 is 4.74 Å². The van der Waals surface area contributed by atoms with Crippen molar-refractivity contribution in [1.29, 1.82) is 0 Å². The van der Waals surface area contributed by atoms with Crippen molar-refractivity contribution in [2.75, 3.05) is 44.2 Å². The molecule has 132 valence electrons. The molecule has 0 spiro atoms. The summed E-state index contributed by atoms with van der Waals surface area (Å²) in [7, 11) is 0. The van der Waals surface area contributed by atoms with Crippen molar-refractivity contribution in [1.82, 2.24) is 4.90 Å². The van der Waals surface area contributed by atoms with Gasteiger partial charge in [0.2, 0.25) is 0 Å².